The fourth-order valence-electron chi connectivity index (χ4n) is 1.82. The molecule has 0 atom stereocenters. The molecule has 0 heterocycles. The highest BCUT2D eigenvalue weighted by Crippen LogP contribution is 2.18. The smallest absolute Gasteiger partial charge is 0.241 e. The number of anilines is 1. The van der Waals surface area contributed by atoms with Crippen molar-refractivity contribution in [2.24, 2.45) is 5.73 Å². The minimum atomic E-state index is -0.330. The second kappa shape index (κ2) is 6.11. The number of carbonyl (C=O) groups excluding carboxylic acids is 1. The number of hydrogen-bond acceptors (Lipinski definition) is 2. The van der Waals surface area contributed by atoms with E-state index in [1.807, 2.05) is 30.3 Å². The van der Waals surface area contributed by atoms with Crippen LogP contribution in [0.1, 0.15) is 5.56 Å². The highest BCUT2D eigenvalue weighted by atomic mass is 19.1. The van der Waals surface area contributed by atoms with E-state index in [0.717, 1.165) is 5.56 Å². The van der Waals surface area contributed by atoms with Crippen molar-refractivity contribution >= 4 is 11.6 Å². The van der Waals surface area contributed by atoms with Gasteiger partial charge in [-0.1, -0.05) is 30.3 Å². The number of halogens is 1. The SMILES string of the molecule is NCC(=O)N(Cc1ccccc1)c1ccc(F)cc1. The van der Waals surface area contributed by atoms with Crippen LogP contribution >= 0.6 is 0 Å². The van der Waals surface area contributed by atoms with Crippen molar-refractivity contribution in [1.82, 2.24) is 0 Å². The largest absolute Gasteiger partial charge is 0.322 e. The van der Waals surface area contributed by atoms with Gasteiger partial charge in [0.1, 0.15) is 5.82 Å². The molecular formula is C15H15FN2O. The molecule has 0 saturated carbocycles. The van der Waals surface area contributed by atoms with E-state index in [9.17, 15) is 9.18 Å². The number of benzene rings is 2. The molecule has 2 N–H and O–H groups in total. The Hall–Kier alpha value is -2.20. The van der Waals surface area contributed by atoms with E-state index in [1.54, 1.807) is 17.0 Å². The third-order valence-electron chi connectivity index (χ3n) is 2.80. The Morgan fingerprint density at radius 3 is 2.26 bits per heavy atom. The van der Waals surface area contributed by atoms with Gasteiger partial charge in [0, 0.05) is 5.69 Å². The minimum Gasteiger partial charge on any atom is -0.322 e. The van der Waals surface area contributed by atoms with E-state index in [-0.39, 0.29) is 18.3 Å². The molecule has 1 amide bonds. The van der Waals surface area contributed by atoms with E-state index in [0.29, 0.717) is 12.2 Å². The normalized spacial score (nSPS) is 10.2. The molecule has 3 nitrogen and oxygen atoms in total. The molecule has 0 aliphatic carbocycles. The molecule has 0 unspecified atom stereocenters. The summed E-state index contributed by atoms with van der Waals surface area (Å²) in [5, 5.41) is 0. The van der Waals surface area contributed by atoms with Crippen LogP contribution in [0.15, 0.2) is 54.6 Å². The lowest BCUT2D eigenvalue weighted by atomic mass is 10.2. The van der Waals surface area contributed by atoms with Gasteiger partial charge in [0.15, 0.2) is 0 Å². The van der Waals surface area contributed by atoms with Crippen molar-refractivity contribution in [3.63, 3.8) is 0 Å². The summed E-state index contributed by atoms with van der Waals surface area (Å²) in [6.07, 6.45) is 0. The predicted octanol–water partition coefficient (Wildman–Crippen LogP) is 2.32. The Bertz CT molecular complexity index is 540. The maximum absolute atomic E-state index is 12.9. The van der Waals surface area contributed by atoms with Gasteiger partial charge >= 0.3 is 0 Å². The van der Waals surface area contributed by atoms with Crippen LogP contribution in [-0.4, -0.2) is 12.5 Å². The summed E-state index contributed by atoms with van der Waals surface area (Å²) in [6.45, 7) is 0.340. The van der Waals surface area contributed by atoms with Crippen LogP contribution in [-0.2, 0) is 11.3 Å². The highest BCUT2D eigenvalue weighted by molar-refractivity contribution is 5.94. The lowest BCUT2D eigenvalue weighted by Crippen LogP contribution is -2.35. The Labute approximate surface area is 111 Å². The number of rotatable bonds is 4. The van der Waals surface area contributed by atoms with Crippen molar-refractivity contribution in [2.45, 2.75) is 6.54 Å². The van der Waals surface area contributed by atoms with Gasteiger partial charge < -0.3 is 10.6 Å². The lowest BCUT2D eigenvalue weighted by molar-refractivity contribution is -0.117. The third-order valence-corrected chi connectivity index (χ3v) is 2.80. The average Bonchev–Trinajstić information content (AvgIpc) is 2.46. The van der Waals surface area contributed by atoms with Crippen molar-refractivity contribution < 1.29 is 9.18 Å². The van der Waals surface area contributed by atoms with Gasteiger partial charge in [0.05, 0.1) is 13.1 Å². The molecule has 19 heavy (non-hydrogen) atoms. The molecule has 0 bridgehead atoms. The second-order valence-corrected chi connectivity index (χ2v) is 4.15. The maximum Gasteiger partial charge on any atom is 0.241 e. The number of nitrogens with zero attached hydrogens (tertiary/aromatic N) is 1. The van der Waals surface area contributed by atoms with Gasteiger partial charge in [-0.3, -0.25) is 4.79 Å². The summed E-state index contributed by atoms with van der Waals surface area (Å²) in [4.78, 5) is 13.5. The Balaban J connectivity index is 2.26. The number of nitrogens with two attached hydrogens (primary N) is 1. The first-order chi connectivity index (χ1) is 9.20. The fraction of sp³-hybridized carbons (Fsp3) is 0.133. The van der Waals surface area contributed by atoms with Crippen molar-refractivity contribution in [2.75, 3.05) is 11.4 Å². The zero-order chi connectivity index (χ0) is 13.7. The standard InChI is InChI=1S/C15H15FN2O/c16-13-6-8-14(9-7-13)18(15(19)10-17)11-12-4-2-1-3-5-12/h1-9H,10-11,17H2. The molecule has 0 aromatic heterocycles. The molecule has 2 rings (SSSR count). The van der Waals surface area contributed by atoms with Gasteiger partial charge in [-0.2, -0.15) is 0 Å². The van der Waals surface area contributed by atoms with Crippen molar-refractivity contribution in [3.8, 4) is 0 Å². The summed E-state index contributed by atoms with van der Waals surface area (Å²) >= 11 is 0. The Kier molecular flexibility index (Phi) is 4.26. The Morgan fingerprint density at radius 2 is 1.68 bits per heavy atom. The minimum absolute atomic E-state index is 0.0792. The highest BCUT2D eigenvalue weighted by Gasteiger charge is 2.14. The summed E-state index contributed by atoms with van der Waals surface area (Å²) in [6, 6.07) is 15.4. The van der Waals surface area contributed by atoms with Gasteiger partial charge in [-0.15, -0.1) is 0 Å². The van der Waals surface area contributed by atoms with Crippen LogP contribution in [0.3, 0.4) is 0 Å². The van der Waals surface area contributed by atoms with E-state index in [4.69, 9.17) is 5.73 Å². The van der Waals surface area contributed by atoms with E-state index < -0.39 is 0 Å². The van der Waals surface area contributed by atoms with Gasteiger partial charge in [0.25, 0.3) is 0 Å². The van der Waals surface area contributed by atoms with E-state index in [1.165, 1.54) is 12.1 Å². The molecule has 0 saturated heterocycles. The van der Waals surface area contributed by atoms with E-state index in [2.05, 4.69) is 0 Å². The van der Waals surface area contributed by atoms with Gasteiger partial charge in [-0.05, 0) is 29.8 Å². The molecule has 0 spiro atoms. The zero-order valence-electron chi connectivity index (χ0n) is 10.4. The first kappa shape index (κ1) is 13.2. The number of carbonyl (C=O) groups is 1. The molecule has 4 heteroatoms. The Morgan fingerprint density at radius 1 is 1.05 bits per heavy atom. The van der Waals surface area contributed by atoms with Crippen LogP contribution in [0.5, 0.6) is 0 Å². The van der Waals surface area contributed by atoms with Crippen LogP contribution < -0.4 is 10.6 Å². The lowest BCUT2D eigenvalue weighted by Gasteiger charge is -2.22. The predicted molar refractivity (Wildman–Crippen MR) is 73.1 cm³/mol. The summed E-state index contributed by atoms with van der Waals surface area (Å²) < 4.78 is 12.9. The average molecular weight is 258 g/mol. The molecular weight excluding hydrogens is 243 g/mol. The van der Waals surface area contributed by atoms with Crippen LogP contribution in [0.4, 0.5) is 10.1 Å². The third kappa shape index (κ3) is 3.39. The summed E-state index contributed by atoms with van der Waals surface area (Å²) in [5.74, 6) is -0.529. The first-order valence-corrected chi connectivity index (χ1v) is 6.00. The summed E-state index contributed by atoms with van der Waals surface area (Å²) in [7, 11) is 0. The molecule has 0 radical (unpaired) electrons. The van der Waals surface area contributed by atoms with E-state index >= 15 is 0 Å². The van der Waals surface area contributed by atoms with Crippen molar-refractivity contribution in [1.29, 1.82) is 0 Å². The molecule has 0 fully saturated rings. The molecule has 2 aromatic rings. The fourth-order valence-corrected chi connectivity index (χ4v) is 1.82. The maximum atomic E-state index is 12.9. The second-order valence-electron chi connectivity index (χ2n) is 4.15. The first-order valence-electron chi connectivity index (χ1n) is 6.00. The monoisotopic (exact) mass is 258 g/mol. The number of amides is 1. The van der Waals surface area contributed by atoms with Gasteiger partial charge in [0.2, 0.25) is 5.91 Å². The molecule has 98 valence electrons. The molecule has 0 aliphatic rings. The van der Waals surface area contributed by atoms with Crippen LogP contribution in [0.2, 0.25) is 0 Å². The molecule has 2 aromatic carbocycles. The van der Waals surface area contributed by atoms with Crippen LogP contribution in [0.25, 0.3) is 0 Å². The zero-order valence-corrected chi connectivity index (χ0v) is 10.4. The topological polar surface area (TPSA) is 46.3 Å². The number of hydrogen-bond donors (Lipinski definition) is 1. The van der Waals surface area contributed by atoms with Gasteiger partial charge in [-0.25, -0.2) is 4.39 Å². The van der Waals surface area contributed by atoms with Crippen molar-refractivity contribution in [3.05, 3.63) is 66.0 Å². The van der Waals surface area contributed by atoms with Crippen LogP contribution in [0, 0.1) is 5.82 Å². The quantitative estimate of drug-likeness (QED) is 0.914. The molecule has 0 aliphatic heterocycles. The summed E-state index contributed by atoms with van der Waals surface area (Å²) in [5.41, 5.74) is 7.06.